The van der Waals surface area contributed by atoms with Crippen molar-refractivity contribution in [3.8, 4) is 0 Å². The summed E-state index contributed by atoms with van der Waals surface area (Å²) in [5, 5.41) is 3.16. The molecule has 0 aliphatic carbocycles. The molecule has 0 amide bonds. The van der Waals surface area contributed by atoms with Crippen molar-refractivity contribution in [2.24, 2.45) is 0 Å². The number of nitrogens with zero attached hydrogens (tertiary/aromatic N) is 1. The SMILES string of the molecule is C=C(C)NC(=S)c1cn(CCCCOCCC)cc1/C=C\C=C(C)C. The molecule has 0 saturated carbocycles. The smallest absolute Gasteiger partial charge is 0.112 e. The van der Waals surface area contributed by atoms with Crippen molar-refractivity contribution in [2.75, 3.05) is 13.2 Å². The molecule has 0 atom stereocenters. The van der Waals surface area contributed by atoms with Gasteiger partial charge in [0.25, 0.3) is 0 Å². The van der Waals surface area contributed by atoms with Crippen LogP contribution in [0.4, 0.5) is 0 Å². The Kier molecular flexibility index (Phi) is 10.1. The van der Waals surface area contributed by atoms with Gasteiger partial charge in [-0.1, -0.05) is 49.5 Å². The van der Waals surface area contributed by atoms with E-state index in [9.17, 15) is 0 Å². The lowest BCUT2D eigenvalue weighted by atomic mass is 10.1. The number of thiocarbonyl (C=S) groups is 1. The van der Waals surface area contributed by atoms with Crippen molar-refractivity contribution in [1.29, 1.82) is 0 Å². The minimum Gasteiger partial charge on any atom is -0.381 e. The second kappa shape index (κ2) is 11.8. The topological polar surface area (TPSA) is 26.2 Å². The molecule has 0 fully saturated rings. The van der Waals surface area contributed by atoms with E-state index < -0.39 is 0 Å². The van der Waals surface area contributed by atoms with Gasteiger partial charge in [0, 0.05) is 49.0 Å². The molecule has 0 bridgehead atoms. The number of unbranched alkanes of at least 4 members (excludes halogenated alkanes) is 1. The van der Waals surface area contributed by atoms with Gasteiger partial charge in [0.2, 0.25) is 0 Å². The van der Waals surface area contributed by atoms with Gasteiger partial charge >= 0.3 is 0 Å². The van der Waals surface area contributed by atoms with Crippen LogP contribution in [0.1, 0.15) is 58.1 Å². The van der Waals surface area contributed by atoms with Crippen LogP contribution in [0.5, 0.6) is 0 Å². The van der Waals surface area contributed by atoms with E-state index in [0.29, 0.717) is 0 Å². The molecular weight excluding hydrogens is 328 g/mol. The van der Waals surface area contributed by atoms with Gasteiger partial charge in [-0.05, 0) is 40.0 Å². The Morgan fingerprint density at radius 3 is 2.64 bits per heavy atom. The number of allylic oxidation sites excluding steroid dienone is 4. The van der Waals surface area contributed by atoms with Crippen molar-refractivity contribution >= 4 is 23.3 Å². The normalized spacial score (nSPS) is 10.9. The summed E-state index contributed by atoms with van der Waals surface area (Å²) in [6.45, 7) is 14.8. The predicted molar refractivity (Wildman–Crippen MR) is 113 cm³/mol. The molecule has 0 aliphatic heterocycles. The second-order valence-corrected chi connectivity index (χ2v) is 6.93. The summed E-state index contributed by atoms with van der Waals surface area (Å²) in [7, 11) is 0. The number of hydrogen-bond donors (Lipinski definition) is 1. The maximum atomic E-state index is 5.54. The third-order valence-electron chi connectivity index (χ3n) is 3.49. The second-order valence-electron chi connectivity index (χ2n) is 6.52. The zero-order valence-corrected chi connectivity index (χ0v) is 16.9. The van der Waals surface area contributed by atoms with Crippen LogP contribution in [0.25, 0.3) is 6.08 Å². The van der Waals surface area contributed by atoms with Gasteiger partial charge in [0.1, 0.15) is 4.99 Å². The fourth-order valence-electron chi connectivity index (χ4n) is 2.33. The van der Waals surface area contributed by atoms with E-state index in [1.54, 1.807) is 0 Å². The summed E-state index contributed by atoms with van der Waals surface area (Å²) in [6.07, 6.45) is 13.8. The molecule has 25 heavy (non-hydrogen) atoms. The zero-order valence-electron chi connectivity index (χ0n) is 16.1. The highest BCUT2D eigenvalue weighted by atomic mass is 32.1. The molecule has 1 N–H and O–H groups in total. The molecule has 0 aliphatic rings. The number of aryl methyl sites for hydroxylation is 1. The quantitative estimate of drug-likeness (QED) is 0.322. The minimum absolute atomic E-state index is 0.717. The molecule has 138 valence electrons. The van der Waals surface area contributed by atoms with Gasteiger partial charge < -0.3 is 14.6 Å². The van der Waals surface area contributed by atoms with E-state index in [0.717, 1.165) is 60.8 Å². The fourth-order valence-corrected chi connectivity index (χ4v) is 2.67. The van der Waals surface area contributed by atoms with Crippen molar-refractivity contribution in [2.45, 2.75) is 53.5 Å². The van der Waals surface area contributed by atoms with Crippen molar-refractivity contribution in [1.82, 2.24) is 9.88 Å². The van der Waals surface area contributed by atoms with Crippen LogP contribution in [-0.4, -0.2) is 22.8 Å². The lowest BCUT2D eigenvalue weighted by molar-refractivity contribution is 0.130. The monoisotopic (exact) mass is 360 g/mol. The van der Waals surface area contributed by atoms with E-state index in [1.165, 1.54) is 5.57 Å². The molecule has 1 rings (SSSR count). The molecular formula is C21H32N2OS. The Hall–Kier alpha value is -1.65. The third kappa shape index (κ3) is 8.84. The van der Waals surface area contributed by atoms with Crippen LogP contribution >= 0.6 is 12.2 Å². The fraction of sp³-hybridized carbons (Fsp3) is 0.476. The molecule has 0 aromatic carbocycles. The summed E-state index contributed by atoms with van der Waals surface area (Å²) in [4.78, 5) is 0.717. The number of hydrogen-bond acceptors (Lipinski definition) is 2. The number of aromatic nitrogens is 1. The Morgan fingerprint density at radius 2 is 2.00 bits per heavy atom. The van der Waals surface area contributed by atoms with Crippen LogP contribution in [0.2, 0.25) is 0 Å². The minimum atomic E-state index is 0.717. The predicted octanol–water partition coefficient (Wildman–Crippen LogP) is 5.47. The standard InChI is InChI=1S/C21H32N2OS/c1-6-13-24-14-8-7-12-23-15-19(11-9-10-17(2)3)20(16-23)21(25)22-18(4)5/h9-11,15-16H,4,6-8,12-14H2,1-3,5H3,(H,22,25)/b11-9-. The van der Waals surface area contributed by atoms with Crippen molar-refractivity contribution < 1.29 is 4.74 Å². The van der Waals surface area contributed by atoms with E-state index in [2.05, 4.69) is 67.9 Å². The maximum Gasteiger partial charge on any atom is 0.112 e. The molecule has 1 aromatic rings. The average molecular weight is 361 g/mol. The first-order valence-corrected chi connectivity index (χ1v) is 9.40. The van der Waals surface area contributed by atoms with Crippen molar-refractivity contribution in [3.63, 3.8) is 0 Å². The molecule has 1 heterocycles. The van der Waals surface area contributed by atoms with Crippen LogP contribution < -0.4 is 5.32 Å². The summed E-state index contributed by atoms with van der Waals surface area (Å²) in [5.41, 5.74) is 4.29. The van der Waals surface area contributed by atoms with Crippen LogP contribution in [0, 0.1) is 0 Å². The Balaban J connectivity index is 2.77. The highest BCUT2D eigenvalue weighted by molar-refractivity contribution is 7.80. The van der Waals surface area contributed by atoms with Gasteiger partial charge in [0.05, 0.1) is 0 Å². The molecule has 0 spiro atoms. The van der Waals surface area contributed by atoms with Gasteiger partial charge in [-0.3, -0.25) is 0 Å². The summed E-state index contributed by atoms with van der Waals surface area (Å²) >= 11 is 5.53. The van der Waals surface area contributed by atoms with Crippen LogP contribution in [0.15, 0.2) is 42.4 Å². The highest BCUT2D eigenvalue weighted by Gasteiger charge is 2.09. The van der Waals surface area contributed by atoms with Crippen LogP contribution in [-0.2, 0) is 11.3 Å². The van der Waals surface area contributed by atoms with Gasteiger partial charge in [0.15, 0.2) is 0 Å². The maximum absolute atomic E-state index is 5.54. The lowest BCUT2D eigenvalue weighted by Gasteiger charge is -2.06. The first-order chi connectivity index (χ1) is 11.9. The number of rotatable bonds is 11. The molecule has 0 saturated heterocycles. The largest absolute Gasteiger partial charge is 0.381 e. The zero-order chi connectivity index (χ0) is 18.7. The van der Waals surface area contributed by atoms with E-state index >= 15 is 0 Å². The number of ether oxygens (including phenoxy) is 1. The Labute approximate surface area is 158 Å². The molecule has 0 radical (unpaired) electrons. The number of nitrogens with one attached hydrogen (secondary N) is 1. The van der Waals surface area contributed by atoms with E-state index in [4.69, 9.17) is 17.0 Å². The van der Waals surface area contributed by atoms with E-state index in [1.807, 2.05) is 6.92 Å². The highest BCUT2D eigenvalue weighted by Crippen LogP contribution is 2.15. The molecule has 3 nitrogen and oxygen atoms in total. The molecule has 0 unspecified atom stereocenters. The third-order valence-corrected chi connectivity index (χ3v) is 3.81. The Morgan fingerprint density at radius 1 is 1.24 bits per heavy atom. The average Bonchev–Trinajstić information content (AvgIpc) is 2.93. The van der Waals surface area contributed by atoms with Gasteiger partial charge in [-0.15, -0.1) is 0 Å². The summed E-state index contributed by atoms with van der Waals surface area (Å²) < 4.78 is 7.75. The molecule has 1 aromatic heterocycles. The van der Waals surface area contributed by atoms with Crippen LogP contribution in [0.3, 0.4) is 0 Å². The Bertz CT molecular complexity index is 622. The first-order valence-electron chi connectivity index (χ1n) is 9.00. The summed E-state index contributed by atoms with van der Waals surface area (Å²) in [6, 6.07) is 0. The van der Waals surface area contributed by atoms with Crippen molar-refractivity contribution in [3.05, 3.63) is 53.5 Å². The van der Waals surface area contributed by atoms with Gasteiger partial charge in [-0.25, -0.2) is 0 Å². The van der Waals surface area contributed by atoms with Gasteiger partial charge in [-0.2, -0.15) is 0 Å². The molecule has 4 heteroatoms. The summed E-state index contributed by atoms with van der Waals surface area (Å²) in [5.74, 6) is 0. The first kappa shape index (κ1) is 21.4. The van der Waals surface area contributed by atoms with E-state index in [-0.39, 0.29) is 0 Å². The lowest BCUT2D eigenvalue weighted by Crippen LogP contribution is -2.19.